The summed E-state index contributed by atoms with van der Waals surface area (Å²) in [6.07, 6.45) is 0.349. The van der Waals surface area contributed by atoms with E-state index in [2.05, 4.69) is 4.98 Å². The van der Waals surface area contributed by atoms with E-state index in [1.807, 2.05) is 0 Å². The summed E-state index contributed by atoms with van der Waals surface area (Å²) in [6, 6.07) is 4.53. The highest BCUT2D eigenvalue weighted by atomic mass is 35.5. The van der Waals surface area contributed by atoms with Gasteiger partial charge in [-0.3, -0.25) is 0 Å². The van der Waals surface area contributed by atoms with Gasteiger partial charge in [0.1, 0.15) is 29.8 Å². The molecule has 2 heterocycles. The summed E-state index contributed by atoms with van der Waals surface area (Å²) in [5.74, 6) is 0.414. The van der Waals surface area contributed by atoms with Gasteiger partial charge in [0, 0.05) is 24.7 Å². The molecule has 0 spiro atoms. The SMILES string of the molecule is Cc1c2ccn([C@@H]3C[C@H](Oc4ccc(Cl)c(Cl)c4CN)[C@@H](O)[C@H]3O)c2nc[n+]1[O-]. The van der Waals surface area contributed by atoms with Gasteiger partial charge in [-0.05, 0) is 30.1 Å². The quantitative estimate of drug-likeness (QED) is 0.422. The Bertz CT molecular complexity index is 1070. The van der Waals surface area contributed by atoms with Crippen LogP contribution in [0.25, 0.3) is 11.0 Å². The molecule has 1 aliphatic rings. The molecule has 1 saturated carbocycles. The number of aliphatic hydroxyl groups excluding tert-OH is 2. The summed E-state index contributed by atoms with van der Waals surface area (Å²) in [6.45, 7) is 1.82. The zero-order chi connectivity index (χ0) is 20.9. The Kier molecular flexibility index (Phi) is 5.30. The van der Waals surface area contributed by atoms with Crippen LogP contribution in [0, 0.1) is 12.1 Å². The van der Waals surface area contributed by atoms with Crippen LogP contribution in [-0.2, 0) is 6.54 Å². The van der Waals surface area contributed by atoms with Crippen molar-refractivity contribution in [1.29, 1.82) is 0 Å². The summed E-state index contributed by atoms with van der Waals surface area (Å²) in [5.41, 5.74) is 7.38. The first-order chi connectivity index (χ1) is 13.8. The van der Waals surface area contributed by atoms with Gasteiger partial charge in [0.15, 0.2) is 0 Å². The summed E-state index contributed by atoms with van der Waals surface area (Å²) in [7, 11) is 0. The van der Waals surface area contributed by atoms with Crippen molar-refractivity contribution in [2.45, 2.75) is 44.2 Å². The van der Waals surface area contributed by atoms with Gasteiger partial charge in [-0.1, -0.05) is 23.2 Å². The molecule has 0 aliphatic heterocycles. The number of nitrogens with zero attached hydrogens (tertiary/aromatic N) is 3. The first-order valence-electron chi connectivity index (χ1n) is 9.08. The molecule has 0 bridgehead atoms. The fraction of sp³-hybridized carbons (Fsp3) is 0.368. The molecular weight excluding hydrogens is 419 g/mol. The largest absolute Gasteiger partial charge is 0.711 e. The number of nitrogens with two attached hydrogens (primary N) is 1. The number of aryl methyl sites for hydroxylation is 1. The summed E-state index contributed by atoms with van der Waals surface area (Å²) >= 11 is 12.2. The Morgan fingerprint density at radius 1 is 1.31 bits per heavy atom. The van der Waals surface area contributed by atoms with E-state index in [9.17, 15) is 15.4 Å². The average Bonchev–Trinajstić information content (AvgIpc) is 3.24. The highest BCUT2D eigenvalue weighted by molar-refractivity contribution is 6.42. The van der Waals surface area contributed by atoms with E-state index < -0.39 is 24.4 Å². The molecule has 8 nitrogen and oxygen atoms in total. The van der Waals surface area contributed by atoms with Crippen LogP contribution >= 0.6 is 23.2 Å². The van der Waals surface area contributed by atoms with Gasteiger partial charge in [0.05, 0.1) is 21.5 Å². The molecule has 29 heavy (non-hydrogen) atoms. The van der Waals surface area contributed by atoms with Crippen LogP contribution in [0.15, 0.2) is 30.7 Å². The molecule has 0 unspecified atom stereocenters. The molecule has 4 N–H and O–H groups in total. The van der Waals surface area contributed by atoms with Crippen LogP contribution in [0.3, 0.4) is 0 Å². The minimum atomic E-state index is -1.13. The van der Waals surface area contributed by atoms with Gasteiger partial charge >= 0.3 is 0 Å². The lowest BCUT2D eigenvalue weighted by Gasteiger charge is -2.20. The highest BCUT2D eigenvalue weighted by Gasteiger charge is 2.45. The van der Waals surface area contributed by atoms with E-state index in [-0.39, 0.29) is 6.54 Å². The number of hydrogen-bond donors (Lipinski definition) is 3. The van der Waals surface area contributed by atoms with Gasteiger partial charge in [-0.25, -0.2) is 4.73 Å². The summed E-state index contributed by atoms with van der Waals surface area (Å²) in [4.78, 5) is 4.19. The Balaban J connectivity index is 1.64. The molecule has 1 aliphatic carbocycles. The van der Waals surface area contributed by atoms with E-state index in [0.717, 1.165) is 0 Å². The fourth-order valence-corrected chi connectivity index (χ4v) is 4.25. The second-order valence-electron chi connectivity index (χ2n) is 7.10. The van der Waals surface area contributed by atoms with Crippen LogP contribution < -0.4 is 15.2 Å². The van der Waals surface area contributed by atoms with Crippen molar-refractivity contribution in [1.82, 2.24) is 9.55 Å². The number of hydrogen-bond acceptors (Lipinski definition) is 6. The van der Waals surface area contributed by atoms with Crippen LogP contribution in [0.5, 0.6) is 5.75 Å². The number of ether oxygens (including phenoxy) is 1. The lowest BCUT2D eigenvalue weighted by atomic mass is 10.2. The molecule has 2 aromatic heterocycles. The van der Waals surface area contributed by atoms with Gasteiger partial charge in [0.25, 0.3) is 12.0 Å². The molecule has 4 atom stereocenters. The van der Waals surface area contributed by atoms with Crippen molar-refractivity contribution >= 4 is 34.2 Å². The van der Waals surface area contributed by atoms with Gasteiger partial charge in [-0.2, -0.15) is 0 Å². The first-order valence-corrected chi connectivity index (χ1v) is 9.84. The molecular formula is C19H20Cl2N4O4. The molecule has 0 amide bonds. The van der Waals surface area contributed by atoms with E-state index in [4.69, 9.17) is 33.7 Å². The minimum Gasteiger partial charge on any atom is -0.711 e. The topological polar surface area (TPSA) is 120 Å². The van der Waals surface area contributed by atoms with Crippen molar-refractivity contribution in [2.75, 3.05) is 0 Å². The van der Waals surface area contributed by atoms with E-state index in [1.165, 1.54) is 6.33 Å². The monoisotopic (exact) mass is 438 g/mol. The van der Waals surface area contributed by atoms with Crippen LogP contribution in [0.2, 0.25) is 10.0 Å². The standard InChI is InChI=1S/C19H20Cl2N4O4/c1-9-10-4-5-24(19(10)23-8-25(9)28)13-6-15(18(27)17(13)26)29-14-3-2-12(20)16(21)11(14)7-22/h2-5,8,13,15,17-18,26-27H,6-7,22H2,1H3/t13-,15+,17+,18-/m1/s1. The van der Waals surface area contributed by atoms with Gasteiger partial charge in [-0.15, -0.1) is 0 Å². The Labute approximate surface area is 176 Å². The van der Waals surface area contributed by atoms with Crippen molar-refractivity contribution in [3.05, 3.63) is 57.2 Å². The van der Waals surface area contributed by atoms with E-state index in [0.29, 0.717) is 49.2 Å². The van der Waals surface area contributed by atoms with E-state index in [1.54, 1.807) is 35.9 Å². The van der Waals surface area contributed by atoms with Crippen LogP contribution in [-0.4, -0.2) is 38.1 Å². The zero-order valence-electron chi connectivity index (χ0n) is 15.5. The predicted octanol–water partition coefficient (Wildman–Crippen LogP) is 1.86. The maximum atomic E-state index is 11.8. The van der Waals surface area contributed by atoms with Crippen molar-refractivity contribution < 1.29 is 19.7 Å². The van der Waals surface area contributed by atoms with Crippen molar-refractivity contribution in [2.24, 2.45) is 5.73 Å². The first kappa shape index (κ1) is 20.2. The summed E-state index contributed by atoms with van der Waals surface area (Å²) < 4.78 is 8.43. The molecule has 4 rings (SSSR count). The Hall–Kier alpha value is -2.10. The Morgan fingerprint density at radius 3 is 2.79 bits per heavy atom. The molecule has 10 heteroatoms. The maximum Gasteiger partial charge on any atom is 0.292 e. The molecule has 0 saturated heterocycles. The average molecular weight is 439 g/mol. The number of rotatable bonds is 4. The molecule has 154 valence electrons. The second-order valence-corrected chi connectivity index (χ2v) is 7.88. The molecule has 1 aromatic carbocycles. The lowest BCUT2D eigenvalue weighted by Crippen LogP contribution is -2.34. The van der Waals surface area contributed by atoms with Gasteiger partial charge < -0.3 is 30.5 Å². The summed E-state index contributed by atoms with van der Waals surface area (Å²) in [5, 5.41) is 34.4. The van der Waals surface area contributed by atoms with Crippen molar-refractivity contribution in [3.8, 4) is 5.75 Å². The molecule has 0 radical (unpaired) electrons. The number of aromatic nitrogens is 3. The number of fused-ring (bicyclic) bond motifs is 1. The minimum absolute atomic E-state index is 0.115. The molecule has 1 fully saturated rings. The fourth-order valence-electron chi connectivity index (χ4n) is 3.84. The third-order valence-electron chi connectivity index (χ3n) is 5.48. The number of aliphatic hydroxyl groups is 2. The highest BCUT2D eigenvalue weighted by Crippen LogP contribution is 2.38. The normalized spacial score (nSPS) is 24.3. The third kappa shape index (κ3) is 3.31. The predicted molar refractivity (Wildman–Crippen MR) is 108 cm³/mol. The number of halogens is 2. The molecule has 3 aromatic rings. The second kappa shape index (κ2) is 7.62. The van der Waals surface area contributed by atoms with Crippen LogP contribution in [0.1, 0.15) is 23.7 Å². The van der Waals surface area contributed by atoms with Crippen LogP contribution in [0.4, 0.5) is 0 Å². The number of benzene rings is 1. The zero-order valence-corrected chi connectivity index (χ0v) is 17.0. The maximum absolute atomic E-state index is 11.8. The lowest BCUT2D eigenvalue weighted by molar-refractivity contribution is -0.613. The Morgan fingerprint density at radius 2 is 2.07 bits per heavy atom. The van der Waals surface area contributed by atoms with Crippen molar-refractivity contribution in [3.63, 3.8) is 0 Å². The van der Waals surface area contributed by atoms with E-state index >= 15 is 0 Å². The smallest absolute Gasteiger partial charge is 0.292 e. The van der Waals surface area contributed by atoms with Gasteiger partial charge in [0.2, 0.25) is 0 Å². The third-order valence-corrected chi connectivity index (χ3v) is 6.33.